The molecule has 2 aromatic carbocycles. The van der Waals surface area contributed by atoms with E-state index < -0.39 is 16.5 Å². The fraction of sp³-hybridized carbons (Fsp3) is 0.440. The van der Waals surface area contributed by atoms with Gasteiger partial charge in [0.25, 0.3) is 0 Å². The molecule has 4 nitrogen and oxygen atoms in total. The third-order valence-corrected chi connectivity index (χ3v) is 7.33. The lowest BCUT2D eigenvalue weighted by atomic mass is 9.49. The maximum absolute atomic E-state index is 13.8. The van der Waals surface area contributed by atoms with Gasteiger partial charge in [0.2, 0.25) is 11.8 Å². The molecule has 6 rings (SSSR count). The first kappa shape index (κ1) is 18.4. The van der Waals surface area contributed by atoms with E-state index in [1.165, 1.54) is 0 Å². The van der Waals surface area contributed by atoms with E-state index in [1.807, 2.05) is 41.3 Å². The Kier molecular flexibility index (Phi) is 3.93. The summed E-state index contributed by atoms with van der Waals surface area (Å²) >= 11 is 0. The minimum absolute atomic E-state index is 0.0224. The standard InChI is InChI=1S/C25H28N2O2/c1-18(2)16-23-17-24(19-10-5-3-6-11-19,20-12-7-4-8-13-20)25(21(28)26-23)14-9-15-27(25)22(23)29/h3-8,10-13,18H,9,14-17H2,1-2H3,(H,26,28)/t23-,25+/m0/s1. The van der Waals surface area contributed by atoms with E-state index in [1.54, 1.807) is 0 Å². The highest BCUT2D eigenvalue weighted by atomic mass is 16.2. The predicted molar refractivity (Wildman–Crippen MR) is 112 cm³/mol. The molecule has 2 bridgehead atoms. The molecule has 0 aromatic heterocycles. The van der Waals surface area contributed by atoms with Crippen molar-refractivity contribution in [3.05, 3.63) is 71.8 Å². The number of benzene rings is 2. The van der Waals surface area contributed by atoms with Gasteiger partial charge in [-0.2, -0.15) is 0 Å². The van der Waals surface area contributed by atoms with Crippen molar-refractivity contribution in [3.8, 4) is 0 Å². The van der Waals surface area contributed by atoms with Crippen LogP contribution in [0.15, 0.2) is 60.7 Å². The minimum atomic E-state index is -0.856. The fourth-order valence-corrected chi connectivity index (χ4v) is 6.52. The number of nitrogens with one attached hydrogen (secondary N) is 1. The molecule has 0 saturated carbocycles. The summed E-state index contributed by atoms with van der Waals surface area (Å²) in [5.74, 6) is 0.441. The summed E-state index contributed by atoms with van der Waals surface area (Å²) in [5.41, 5.74) is 0.0215. The van der Waals surface area contributed by atoms with Gasteiger partial charge in [-0.1, -0.05) is 74.5 Å². The maximum atomic E-state index is 13.8. The van der Waals surface area contributed by atoms with Gasteiger partial charge in [-0.3, -0.25) is 9.59 Å². The number of fused-ring (bicyclic) bond motifs is 2. The van der Waals surface area contributed by atoms with Gasteiger partial charge < -0.3 is 10.2 Å². The SMILES string of the molecule is CC(C)C[C@]12CC(c3ccccc3)(c3ccccc3)[C@@]3(CCCN3C1=O)C(=O)N2. The first-order chi connectivity index (χ1) is 14.0. The minimum Gasteiger partial charge on any atom is -0.340 e. The average Bonchev–Trinajstić information content (AvgIpc) is 3.18. The molecule has 2 aromatic rings. The smallest absolute Gasteiger partial charge is 0.249 e. The molecule has 1 spiro atoms. The highest BCUT2D eigenvalue weighted by Gasteiger charge is 2.75. The van der Waals surface area contributed by atoms with Crippen molar-refractivity contribution < 1.29 is 9.59 Å². The van der Waals surface area contributed by atoms with Crippen LogP contribution in [-0.2, 0) is 15.0 Å². The van der Waals surface area contributed by atoms with Crippen LogP contribution in [0, 0.1) is 5.92 Å². The van der Waals surface area contributed by atoms with Crippen LogP contribution in [0.25, 0.3) is 0 Å². The quantitative estimate of drug-likeness (QED) is 0.869. The molecule has 4 heterocycles. The first-order valence-corrected chi connectivity index (χ1v) is 10.7. The molecule has 0 unspecified atom stereocenters. The van der Waals surface area contributed by atoms with Crippen molar-refractivity contribution in [2.24, 2.45) is 5.92 Å². The molecule has 0 radical (unpaired) electrons. The number of hydrogen-bond donors (Lipinski definition) is 1. The van der Waals surface area contributed by atoms with Gasteiger partial charge in [-0.05, 0) is 42.7 Å². The van der Waals surface area contributed by atoms with E-state index in [0.717, 1.165) is 17.5 Å². The van der Waals surface area contributed by atoms with Crippen LogP contribution in [0.2, 0.25) is 0 Å². The van der Waals surface area contributed by atoms with Crippen LogP contribution < -0.4 is 5.32 Å². The second kappa shape index (κ2) is 6.19. The topological polar surface area (TPSA) is 49.4 Å². The lowest BCUT2D eigenvalue weighted by molar-refractivity contribution is -0.177. The zero-order valence-electron chi connectivity index (χ0n) is 17.2. The predicted octanol–water partition coefficient (Wildman–Crippen LogP) is 3.65. The van der Waals surface area contributed by atoms with Gasteiger partial charge >= 0.3 is 0 Å². The summed E-state index contributed by atoms with van der Waals surface area (Å²) in [7, 11) is 0. The molecule has 150 valence electrons. The molecule has 4 aliphatic heterocycles. The summed E-state index contributed by atoms with van der Waals surface area (Å²) in [5, 5.41) is 3.24. The summed E-state index contributed by atoms with van der Waals surface area (Å²) < 4.78 is 0. The Morgan fingerprint density at radius 2 is 1.55 bits per heavy atom. The van der Waals surface area contributed by atoms with E-state index in [2.05, 4.69) is 43.4 Å². The Bertz CT molecular complexity index is 916. The summed E-state index contributed by atoms with van der Waals surface area (Å²) in [6.07, 6.45) is 2.84. The molecular weight excluding hydrogens is 360 g/mol. The first-order valence-electron chi connectivity index (χ1n) is 10.7. The largest absolute Gasteiger partial charge is 0.340 e. The normalized spacial score (nSPS) is 29.8. The Balaban J connectivity index is 1.85. The summed E-state index contributed by atoms with van der Waals surface area (Å²) in [6, 6.07) is 20.8. The summed E-state index contributed by atoms with van der Waals surface area (Å²) in [6.45, 7) is 4.91. The van der Waals surface area contributed by atoms with E-state index in [4.69, 9.17) is 0 Å². The molecule has 4 saturated heterocycles. The van der Waals surface area contributed by atoms with Crippen LogP contribution in [0.4, 0.5) is 0 Å². The lowest BCUT2D eigenvalue weighted by Gasteiger charge is -2.65. The van der Waals surface area contributed by atoms with Crippen molar-refractivity contribution >= 4 is 11.8 Å². The van der Waals surface area contributed by atoms with E-state index in [-0.39, 0.29) is 11.8 Å². The number of hydrogen-bond acceptors (Lipinski definition) is 2. The van der Waals surface area contributed by atoms with Gasteiger partial charge in [0.05, 0.1) is 5.41 Å². The third-order valence-electron chi connectivity index (χ3n) is 7.33. The molecule has 2 amide bonds. The zero-order valence-corrected chi connectivity index (χ0v) is 17.2. The monoisotopic (exact) mass is 388 g/mol. The number of nitrogens with zero attached hydrogens (tertiary/aromatic N) is 1. The number of rotatable bonds is 4. The molecule has 4 heteroatoms. The van der Waals surface area contributed by atoms with Gasteiger partial charge in [-0.25, -0.2) is 0 Å². The van der Waals surface area contributed by atoms with Crippen molar-refractivity contribution in [2.45, 2.75) is 56.0 Å². The van der Waals surface area contributed by atoms with E-state index in [0.29, 0.717) is 31.7 Å². The van der Waals surface area contributed by atoms with Crippen molar-refractivity contribution in [3.63, 3.8) is 0 Å². The molecule has 29 heavy (non-hydrogen) atoms. The maximum Gasteiger partial charge on any atom is 0.249 e. The number of carbonyl (C=O) groups is 2. The average molecular weight is 389 g/mol. The lowest BCUT2D eigenvalue weighted by Crippen LogP contribution is -2.86. The van der Waals surface area contributed by atoms with Crippen LogP contribution in [0.1, 0.15) is 50.7 Å². The Labute approximate surface area is 172 Å². The van der Waals surface area contributed by atoms with Crippen molar-refractivity contribution in [2.75, 3.05) is 6.54 Å². The molecule has 4 fully saturated rings. The Morgan fingerprint density at radius 3 is 2.10 bits per heavy atom. The summed E-state index contributed by atoms with van der Waals surface area (Å²) in [4.78, 5) is 29.5. The Hall–Kier alpha value is -2.62. The van der Waals surface area contributed by atoms with E-state index >= 15 is 0 Å². The number of amides is 2. The molecular formula is C25H28N2O2. The van der Waals surface area contributed by atoms with Gasteiger partial charge in [0.1, 0.15) is 11.1 Å². The number of piperazine rings is 1. The van der Waals surface area contributed by atoms with E-state index in [9.17, 15) is 9.59 Å². The molecule has 4 aliphatic rings. The number of carbonyl (C=O) groups excluding carboxylic acids is 2. The van der Waals surface area contributed by atoms with Crippen molar-refractivity contribution in [1.29, 1.82) is 0 Å². The fourth-order valence-electron chi connectivity index (χ4n) is 6.52. The zero-order chi connectivity index (χ0) is 20.3. The van der Waals surface area contributed by atoms with Gasteiger partial charge in [0, 0.05) is 6.54 Å². The van der Waals surface area contributed by atoms with Gasteiger partial charge in [0.15, 0.2) is 0 Å². The highest BCUT2D eigenvalue weighted by Crippen LogP contribution is 2.61. The second-order valence-electron chi connectivity index (χ2n) is 9.37. The van der Waals surface area contributed by atoms with Gasteiger partial charge in [-0.15, -0.1) is 0 Å². The van der Waals surface area contributed by atoms with Crippen LogP contribution in [0.3, 0.4) is 0 Å². The number of piperidine rings is 2. The van der Waals surface area contributed by atoms with Crippen LogP contribution >= 0.6 is 0 Å². The molecule has 0 aliphatic carbocycles. The Morgan fingerprint density at radius 1 is 0.966 bits per heavy atom. The third kappa shape index (κ3) is 2.20. The molecule has 1 N–H and O–H groups in total. The van der Waals surface area contributed by atoms with Crippen LogP contribution in [0.5, 0.6) is 0 Å². The van der Waals surface area contributed by atoms with Crippen LogP contribution in [-0.4, -0.2) is 34.3 Å². The molecule has 2 atom stereocenters. The van der Waals surface area contributed by atoms with Crippen molar-refractivity contribution in [1.82, 2.24) is 10.2 Å². The second-order valence-corrected chi connectivity index (χ2v) is 9.37. The highest BCUT2D eigenvalue weighted by molar-refractivity contribution is 6.07.